The number of thioether (sulfide) groups is 1. The molecule has 0 saturated carbocycles. The highest BCUT2D eigenvalue weighted by atomic mass is 32.2. The Hall–Kier alpha value is -1.55. The lowest BCUT2D eigenvalue weighted by Gasteiger charge is -2.01. The van der Waals surface area contributed by atoms with Gasteiger partial charge in [-0.05, 0) is 30.2 Å². The molecule has 3 nitrogen and oxygen atoms in total. The summed E-state index contributed by atoms with van der Waals surface area (Å²) in [5, 5.41) is 8.91. The molecule has 0 spiro atoms. The molecule has 0 radical (unpaired) electrons. The van der Waals surface area contributed by atoms with Crippen molar-refractivity contribution in [3.8, 4) is 0 Å². The van der Waals surface area contributed by atoms with Crippen LogP contribution in [0.1, 0.15) is 28.4 Å². The van der Waals surface area contributed by atoms with Crippen LogP contribution in [-0.2, 0) is 4.79 Å². The second-order valence-corrected chi connectivity index (χ2v) is 4.78. The summed E-state index contributed by atoms with van der Waals surface area (Å²) in [4.78, 5) is 21.4. The van der Waals surface area contributed by atoms with Crippen LogP contribution in [0, 0.1) is 6.92 Å². The molecular weight excluding hydrogens is 236 g/mol. The van der Waals surface area contributed by atoms with E-state index in [2.05, 4.69) is 0 Å². The third-order valence-electron chi connectivity index (χ3n) is 2.20. The van der Waals surface area contributed by atoms with Gasteiger partial charge in [0.05, 0.1) is 5.56 Å². The molecule has 0 fully saturated rings. The van der Waals surface area contributed by atoms with Crippen molar-refractivity contribution >= 4 is 28.9 Å². The van der Waals surface area contributed by atoms with Crippen LogP contribution in [0.15, 0.2) is 24.3 Å². The maximum Gasteiger partial charge on any atom is 0.335 e. The number of carboxylic acids is 1. The summed E-state index contributed by atoms with van der Waals surface area (Å²) in [6.45, 7) is 3.40. The number of aromatic carboxylic acids is 1. The fourth-order valence-electron chi connectivity index (χ4n) is 1.34. The van der Waals surface area contributed by atoms with Gasteiger partial charge in [-0.2, -0.15) is 0 Å². The molecule has 0 aliphatic rings. The van der Waals surface area contributed by atoms with Crippen LogP contribution < -0.4 is 0 Å². The summed E-state index contributed by atoms with van der Waals surface area (Å²) in [5.41, 5.74) is 2.17. The Morgan fingerprint density at radius 1 is 1.41 bits per heavy atom. The minimum atomic E-state index is -0.921. The lowest BCUT2D eigenvalue weighted by atomic mass is 10.0. The minimum absolute atomic E-state index is 0.0904. The molecule has 1 aromatic rings. The third kappa shape index (κ3) is 4.44. The van der Waals surface area contributed by atoms with Gasteiger partial charge in [-0.25, -0.2) is 4.79 Å². The van der Waals surface area contributed by atoms with Gasteiger partial charge >= 0.3 is 5.97 Å². The van der Waals surface area contributed by atoms with Gasteiger partial charge in [0.2, 0.25) is 0 Å². The first kappa shape index (κ1) is 13.5. The molecule has 0 aromatic heterocycles. The van der Waals surface area contributed by atoms with E-state index in [0.717, 1.165) is 11.1 Å². The first-order valence-corrected chi connectivity index (χ1v) is 6.13. The van der Waals surface area contributed by atoms with Crippen molar-refractivity contribution in [3.05, 3.63) is 41.0 Å². The topological polar surface area (TPSA) is 54.4 Å². The van der Waals surface area contributed by atoms with Gasteiger partial charge in [0, 0.05) is 12.7 Å². The fraction of sp³-hybridized carbons (Fsp3) is 0.231. The Morgan fingerprint density at radius 2 is 2.12 bits per heavy atom. The number of aryl methyl sites for hydroxylation is 1. The molecular formula is C13H14O3S. The molecule has 0 saturated heterocycles. The number of hydrogen-bond donors (Lipinski definition) is 1. The largest absolute Gasteiger partial charge is 0.478 e. The number of carbonyl (C=O) groups excluding carboxylic acids is 1. The van der Waals surface area contributed by atoms with Crippen LogP contribution in [0.5, 0.6) is 0 Å². The molecule has 17 heavy (non-hydrogen) atoms. The van der Waals surface area contributed by atoms with E-state index in [-0.39, 0.29) is 10.7 Å². The van der Waals surface area contributed by atoms with Gasteiger partial charge in [0.25, 0.3) is 0 Å². The van der Waals surface area contributed by atoms with Crippen molar-refractivity contribution in [1.29, 1.82) is 0 Å². The monoisotopic (exact) mass is 250 g/mol. The highest BCUT2D eigenvalue weighted by Gasteiger charge is 2.03. The van der Waals surface area contributed by atoms with Gasteiger partial charge in [-0.1, -0.05) is 30.0 Å². The zero-order valence-corrected chi connectivity index (χ0v) is 10.6. The van der Waals surface area contributed by atoms with Gasteiger partial charge in [-0.3, -0.25) is 4.79 Å². The van der Waals surface area contributed by atoms with Gasteiger partial charge in [0.15, 0.2) is 5.12 Å². The molecule has 1 aromatic carbocycles. The molecule has 1 N–H and O–H groups in total. The normalized spacial score (nSPS) is 10.7. The van der Waals surface area contributed by atoms with Crippen LogP contribution in [0.4, 0.5) is 0 Å². The maximum atomic E-state index is 10.7. The third-order valence-corrected chi connectivity index (χ3v) is 2.96. The summed E-state index contributed by atoms with van der Waals surface area (Å²) in [6, 6.07) is 4.99. The highest BCUT2D eigenvalue weighted by Crippen LogP contribution is 2.13. The predicted octanol–water partition coefficient (Wildman–Crippen LogP) is 2.99. The van der Waals surface area contributed by atoms with E-state index in [1.54, 1.807) is 18.2 Å². The molecule has 90 valence electrons. The maximum absolute atomic E-state index is 10.7. The quantitative estimate of drug-likeness (QED) is 0.892. The van der Waals surface area contributed by atoms with Gasteiger partial charge in [0.1, 0.15) is 0 Å². The standard InChI is InChI=1S/C13H14O3S/c1-9-8-12(13(15)16)6-5-11(9)4-3-7-17-10(2)14/h3-6,8H,7H2,1-2H3,(H,15,16). The molecule has 0 heterocycles. The van der Waals surface area contributed by atoms with Crippen LogP contribution in [0.2, 0.25) is 0 Å². The number of benzene rings is 1. The van der Waals surface area contributed by atoms with Gasteiger partial charge in [-0.15, -0.1) is 0 Å². The molecule has 0 bridgehead atoms. The van der Waals surface area contributed by atoms with Crippen molar-refractivity contribution in [3.63, 3.8) is 0 Å². The molecule has 0 aliphatic heterocycles. The zero-order chi connectivity index (χ0) is 12.8. The lowest BCUT2D eigenvalue weighted by Crippen LogP contribution is -1.97. The highest BCUT2D eigenvalue weighted by molar-refractivity contribution is 8.13. The average Bonchev–Trinajstić information content (AvgIpc) is 2.25. The first-order valence-electron chi connectivity index (χ1n) is 5.14. The van der Waals surface area contributed by atoms with Gasteiger partial charge < -0.3 is 5.11 Å². The Labute approximate surface area is 105 Å². The van der Waals surface area contributed by atoms with Crippen molar-refractivity contribution in [2.75, 3.05) is 5.75 Å². The van der Waals surface area contributed by atoms with Crippen molar-refractivity contribution in [2.24, 2.45) is 0 Å². The predicted molar refractivity (Wildman–Crippen MR) is 70.3 cm³/mol. The van der Waals surface area contributed by atoms with E-state index in [1.165, 1.54) is 18.7 Å². The number of carboxylic acid groups (broad SMARTS) is 1. The van der Waals surface area contributed by atoms with E-state index in [4.69, 9.17) is 5.11 Å². The molecule has 0 unspecified atom stereocenters. The van der Waals surface area contributed by atoms with Crippen LogP contribution in [0.3, 0.4) is 0 Å². The Balaban J connectivity index is 2.72. The summed E-state index contributed by atoms with van der Waals surface area (Å²) >= 11 is 1.24. The summed E-state index contributed by atoms with van der Waals surface area (Å²) in [5.74, 6) is -0.286. The van der Waals surface area contributed by atoms with E-state index in [9.17, 15) is 9.59 Å². The average molecular weight is 250 g/mol. The van der Waals surface area contributed by atoms with Crippen molar-refractivity contribution < 1.29 is 14.7 Å². The summed E-state index contributed by atoms with van der Waals surface area (Å²) < 4.78 is 0. The minimum Gasteiger partial charge on any atom is -0.478 e. The molecule has 0 atom stereocenters. The molecule has 4 heteroatoms. The molecule has 0 amide bonds. The molecule has 1 rings (SSSR count). The fourth-order valence-corrected chi connectivity index (χ4v) is 1.76. The number of carbonyl (C=O) groups is 2. The Morgan fingerprint density at radius 3 is 2.65 bits per heavy atom. The Bertz CT molecular complexity index is 464. The van der Waals surface area contributed by atoms with Crippen LogP contribution >= 0.6 is 11.8 Å². The number of hydrogen-bond acceptors (Lipinski definition) is 3. The second-order valence-electron chi connectivity index (χ2n) is 3.58. The van der Waals surface area contributed by atoms with E-state index < -0.39 is 5.97 Å². The van der Waals surface area contributed by atoms with Crippen LogP contribution in [-0.4, -0.2) is 21.9 Å². The first-order chi connectivity index (χ1) is 8.00. The second kappa shape index (κ2) is 6.25. The Kier molecular flexibility index (Phi) is 4.97. The van der Waals surface area contributed by atoms with Crippen molar-refractivity contribution in [1.82, 2.24) is 0 Å². The summed E-state index contributed by atoms with van der Waals surface area (Å²) in [6.07, 6.45) is 3.80. The van der Waals surface area contributed by atoms with Crippen LogP contribution in [0.25, 0.3) is 6.08 Å². The lowest BCUT2D eigenvalue weighted by molar-refractivity contribution is -0.109. The smallest absolute Gasteiger partial charge is 0.335 e. The zero-order valence-electron chi connectivity index (χ0n) is 9.77. The van der Waals surface area contributed by atoms with Crippen molar-refractivity contribution in [2.45, 2.75) is 13.8 Å². The summed E-state index contributed by atoms with van der Waals surface area (Å²) in [7, 11) is 0. The van der Waals surface area contributed by atoms with E-state index in [0.29, 0.717) is 5.75 Å². The van der Waals surface area contributed by atoms with E-state index >= 15 is 0 Å². The molecule has 0 aliphatic carbocycles. The SMILES string of the molecule is CC(=O)SCC=Cc1ccc(C(=O)O)cc1C. The number of rotatable bonds is 4. The van der Waals surface area contributed by atoms with E-state index in [1.807, 2.05) is 19.1 Å².